The van der Waals surface area contributed by atoms with Crippen LogP contribution in [0.4, 0.5) is 0 Å². The maximum atomic E-state index is 11.3. The summed E-state index contributed by atoms with van der Waals surface area (Å²) < 4.78 is 17.8. The summed E-state index contributed by atoms with van der Waals surface area (Å²) in [5, 5.41) is 48.1. The minimum Gasteiger partial charge on any atom is -0.480 e. The molecule has 1 fully saturated rings. The summed E-state index contributed by atoms with van der Waals surface area (Å²) in [6.45, 7) is 0. The van der Waals surface area contributed by atoms with Crippen LogP contribution in [0, 0.1) is 7.14 Å². The van der Waals surface area contributed by atoms with E-state index in [1.165, 1.54) is 0 Å². The smallest absolute Gasteiger partial charge is 0.335 e. The molecule has 6 atom stereocenters. The fourth-order valence-electron chi connectivity index (χ4n) is 3.14. The third-order valence-corrected chi connectivity index (χ3v) is 6.55. The van der Waals surface area contributed by atoms with Gasteiger partial charge in [0.05, 0.1) is 7.14 Å². The molecule has 1 heterocycles. The van der Waals surface area contributed by atoms with Gasteiger partial charge in [0, 0.05) is 0 Å². The van der Waals surface area contributed by atoms with Gasteiger partial charge in [-0.3, -0.25) is 4.79 Å². The summed E-state index contributed by atoms with van der Waals surface area (Å²) >= 11 is 3.93. The summed E-state index contributed by atoms with van der Waals surface area (Å²) in [7, 11) is 0. The first-order chi connectivity index (χ1) is 16.0. The summed E-state index contributed by atoms with van der Waals surface area (Å²) in [6, 6.07) is 9.07. The van der Waals surface area contributed by atoms with Crippen LogP contribution in [0.25, 0.3) is 0 Å². The molecule has 1 saturated heterocycles. The first-order valence-corrected chi connectivity index (χ1v) is 12.0. The Morgan fingerprint density at radius 3 is 2.09 bits per heavy atom. The number of hydrogen-bond donors (Lipinski definition) is 6. The lowest BCUT2D eigenvalue weighted by atomic mass is 9.99. The number of halogens is 2. The molecule has 7 N–H and O–H groups in total. The number of rotatable bonds is 8. The number of carbonyl (C=O) groups is 2. The van der Waals surface area contributed by atoms with Gasteiger partial charge >= 0.3 is 11.9 Å². The van der Waals surface area contributed by atoms with Crippen LogP contribution in [0.2, 0.25) is 0 Å². The second-order valence-electron chi connectivity index (χ2n) is 7.46. The van der Waals surface area contributed by atoms with Crippen LogP contribution in [0.15, 0.2) is 36.4 Å². The Bertz CT molecular complexity index is 1030. The predicted molar refractivity (Wildman–Crippen MR) is 133 cm³/mol. The molecule has 0 amide bonds. The van der Waals surface area contributed by atoms with Gasteiger partial charge in [0.15, 0.2) is 6.10 Å². The molecule has 1 aliphatic heterocycles. The van der Waals surface area contributed by atoms with Crippen molar-refractivity contribution < 1.29 is 49.3 Å². The molecule has 11 nitrogen and oxygen atoms in total. The zero-order valence-corrected chi connectivity index (χ0v) is 21.6. The lowest BCUT2D eigenvalue weighted by molar-refractivity contribution is -0.271. The van der Waals surface area contributed by atoms with Crippen LogP contribution >= 0.6 is 45.2 Å². The van der Waals surface area contributed by atoms with Crippen molar-refractivity contribution in [3.05, 3.63) is 49.1 Å². The van der Waals surface area contributed by atoms with E-state index in [2.05, 4.69) is 0 Å². The van der Waals surface area contributed by atoms with Crippen LogP contribution in [0.1, 0.15) is 5.56 Å². The van der Waals surface area contributed by atoms with E-state index in [1.807, 2.05) is 45.2 Å². The van der Waals surface area contributed by atoms with Gasteiger partial charge in [-0.15, -0.1) is 0 Å². The van der Waals surface area contributed by atoms with Crippen LogP contribution in [0.5, 0.6) is 17.2 Å². The van der Waals surface area contributed by atoms with Gasteiger partial charge in [0.2, 0.25) is 6.29 Å². The lowest BCUT2D eigenvalue weighted by Gasteiger charge is -2.38. The molecule has 0 aromatic heterocycles. The third-order valence-electron chi connectivity index (χ3n) is 4.95. The largest absolute Gasteiger partial charge is 0.480 e. The molecular weight excluding hydrogens is 680 g/mol. The molecule has 0 bridgehead atoms. The minimum absolute atomic E-state index is 0.182. The molecule has 34 heavy (non-hydrogen) atoms. The Morgan fingerprint density at radius 2 is 1.56 bits per heavy atom. The maximum absolute atomic E-state index is 11.3. The molecule has 2 aromatic rings. The average Bonchev–Trinajstić information content (AvgIpc) is 2.77. The topological polar surface area (TPSA) is 189 Å². The van der Waals surface area contributed by atoms with Crippen molar-refractivity contribution >= 4 is 57.1 Å². The van der Waals surface area contributed by atoms with Crippen molar-refractivity contribution in [2.75, 3.05) is 0 Å². The Morgan fingerprint density at radius 1 is 0.971 bits per heavy atom. The molecule has 3 rings (SSSR count). The van der Waals surface area contributed by atoms with Crippen molar-refractivity contribution in [1.29, 1.82) is 0 Å². The number of nitrogens with two attached hydrogens (primary N) is 1. The Kier molecular flexibility index (Phi) is 8.93. The van der Waals surface area contributed by atoms with Gasteiger partial charge in [-0.25, -0.2) is 4.79 Å². The molecule has 0 radical (unpaired) electrons. The van der Waals surface area contributed by atoms with Crippen molar-refractivity contribution in [2.45, 2.75) is 43.2 Å². The van der Waals surface area contributed by atoms with E-state index in [1.54, 1.807) is 36.4 Å². The second kappa shape index (κ2) is 11.3. The number of aliphatic carboxylic acids is 2. The summed E-state index contributed by atoms with van der Waals surface area (Å²) in [6.07, 6.45) is -8.38. The molecule has 0 saturated carbocycles. The van der Waals surface area contributed by atoms with Gasteiger partial charge in [0.1, 0.15) is 41.6 Å². The fourth-order valence-corrected chi connectivity index (χ4v) is 5.11. The third kappa shape index (κ3) is 6.27. The second-order valence-corrected chi connectivity index (χ2v) is 9.79. The van der Waals surface area contributed by atoms with E-state index >= 15 is 0 Å². The number of aliphatic hydroxyl groups is 3. The molecule has 0 aliphatic carbocycles. The molecule has 13 heteroatoms. The molecule has 1 aliphatic rings. The number of carboxylic acids is 2. The van der Waals surface area contributed by atoms with Crippen LogP contribution < -0.4 is 15.2 Å². The molecule has 2 aromatic carbocycles. The van der Waals surface area contributed by atoms with Crippen molar-refractivity contribution in [3.8, 4) is 17.2 Å². The van der Waals surface area contributed by atoms with E-state index in [-0.39, 0.29) is 12.2 Å². The van der Waals surface area contributed by atoms with Gasteiger partial charge < -0.3 is 45.5 Å². The first kappa shape index (κ1) is 26.8. The predicted octanol–water partition coefficient (Wildman–Crippen LogP) is 0.913. The average molecular weight is 701 g/mol. The standard InChI is InChI=1S/C21H21I2NO10/c22-11-6-10(32-9-3-1-8(2-4-9)5-13(24)19(28)29)7-12(23)17(11)33-21-16(27)14(25)15(26)18(34-21)20(30)31/h1-4,6-7,13-16,18,21,25-27H,5,24H2,(H,28,29)(H,30,31)/t13-,14+,15-,16+,18+,21-/m1/s1. The van der Waals surface area contributed by atoms with E-state index in [9.17, 15) is 30.0 Å². The number of hydrogen-bond acceptors (Lipinski definition) is 9. The highest BCUT2D eigenvalue weighted by molar-refractivity contribution is 14.1. The zero-order chi connectivity index (χ0) is 25.2. The van der Waals surface area contributed by atoms with E-state index in [0.29, 0.717) is 18.6 Å². The van der Waals surface area contributed by atoms with Gasteiger partial charge in [-0.05, 0) is 81.4 Å². The number of aliphatic hydroxyl groups excluding tert-OH is 3. The number of benzene rings is 2. The molecule has 0 spiro atoms. The van der Waals surface area contributed by atoms with Gasteiger partial charge in [-0.2, -0.15) is 0 Å². The van der Waals surface area contributed by atoms with Crippen molar-refractivity contribution in [1.82, 2.24) is 0 Å². The lowest BCUT2D eigenvalue weighted by Crippen LogP contribution is -2.61. The number of carboxylic acid groups (broad SMARTS) is 2. The Hall–Kier alpha value is -1.76. The quantitative estimate of drug-likeness (QED) is 0.215. The summed E-state index contributed by atoms with van der Waals surface area (Å²) in [4.78, 5) is 22.2. The highest BCUT2D eigenvalue weighted by Gasteiger charge is 2.48. The summed E-state index contributed by atoms with van der Waals surface area (Å²) in [5.74, 6) is -1.36. The Labute approximate surface area is 220 Å². The first-order valence-electron chi connectivity index (χ1n) is 9.81. The Balaban J connectivity index is 1.72. The molecule has 0 unspecified atom stereocenters. The van der Waals surface area contributed by atoms with Crippen LogP contribution in [0.3, 0.4) is 0 Å². The minimum atomic E-state index is -1.81. The van der Waals surface area contributed by atoms with Crippen LogP contribution in [-0.2, 0) is 20.7 Å². The van der Waals surface area contributed by atoms with Gasteiger partial charge in [-0.1, -0.05) is 12.1 Å². The fraction of sp³-hybridized carbons (Fsp3) is 0.333. The van der Waals surface area contributed by atoms with E-state index in [0.717, 1.165) is 5.56 Å². The SMILES string of the molecule is N[C@H](Cc1ccc(Oc2cc(I)c(O[C@@H]3O[C@H](C(=O)O)[C@H](O)[C@H](O)[C@@H]3O)c(I)c2)cc1)C(=O)O. The zero-order valence-electron chi connectivity index (χ0n) is 17.2. The highest BCUT2D eigenvalue weighted by Crippen LogP contribution is 2.36. The highest BCUT2D eigenvalue weighted by atomic mass is 127. The van der Waals surface area contributed by atoms with E-state index < -0.39 is 48.7 Å². The number of ether oxygens (including phenoxy) is 3. The van der Waals surface area contributed by atoms with Crippen molar-refractivity contribution in [2.24, 2.45) is 5.73 Å². The normalized spacial score (nSPS) is 25.4. The maximum Gasteiger partial charge on any atom is 0.335 e. The van der Waals surface area contributed by atoms with Crippen molar-refractivity contribution in [3.63, 3.8) is 0 Å². The monoisotopic (exact) mass is 701 g/mol. The molecule has 184 valence electrons. The van der Waals surface area contributed by atoms with Gasteiger partial charge in [0.25, 0.3) is 0 Å². The molecular formula is C21H21I2NO10. The van der Waals surface area contributed by atoms with Crippen LogP contribution in [-0.4, -0.2) is 74.2 Å². The summed E-state index contributed by atoms with van der Waals surface area (Å²) in [5.41, 5.74) is 6.29. The van der Waals surface area contributed by atoms with E-state index in [4.69, 9.17) is 25.1 Å².